The summed E-state index contributed by atoms with van der Waals surface area (Å²) in [5.74, 6) is 0.502. The lowest BCUT2D eigenvalue weighted by Crippen LogP contribution is -2.18. The van der Waals surface area contributed by atoms with Gasteiger partial charge in [-0.25, -0.2) is 9.50 Å². The van der Waals surface area contributed by atoms with Gasteiger partial charge in [-0.1, -0.05) is 29.5 Å². The van der Waals surface area contributed by atoms with Gasteiger partial charge in [0.05, 0.1) is 6.42 Å². The molecule has 7 heteroatoms. The molecular formula is C18H21N5OS. The van der Waals surface area contributed by atoms with Crippen molar-refractivity contribution in [1.29, 1.82) is 0 Å². The number of carbonyl (C=O) groups excluding carboxylic acids is 1. The van der Waals surface area contributed by atoms with Crippen molar-refractivity contribution in [3.8, 4) is 0 Å². The van der Waals surface area contributed by atoms with Crippen molar-refractivity contribution >= 4 is 29.1 Å². The summed E-state index contributed by atoms with van der Waals surface area (Å²) in [6.07, 6.45) is 2.18. The molecule has 0 aliphatic heterocycles. The van der Waals surface area contributed by atoms with Crippen molar-refractivity contribution in [3.05, 3.63) is 46.3 Å². The first-order valence-corrected chi connectivity index (χ1v) is 9.25. The normalized spacial score (nSPS) is 11.1. The van der Waals surface area contributed by atoms with E-state index in [0.29, 0.717) is 10.9 Å². The largest absolute Gasteiger partial charge is 0.326 e. The minimum atomic E-state index is -0.0653. The molecule has 2 aromatic heterocycles. The standard InChI is InChI=1S/C18H21N5OS/c1-10-6-7-15(11(2)8-10)20-16(24)9-14-12(3)19-17-21-18(25-5)22-23(17)13(14)4/h6-8H,9H2,1-5H3,(H,20,24). The van der Waals surface area contributed by atoms with Crippen LogP contribution < -0.4 is 5.32 Å². The Morgan fingerprint density at radius 2 is 1.96 bits per heavy atom. The molecule has 6 nitrogen and oxygen atoms in total. The van der Waals surface area contributed by atoms with Gasteiger partial charge < -0.3 is 5.32 Å². The topological polar surface area (TPSA) is 72.2 Å². The highest BCUT2D eigenvalue weighted by atomic mass is 32.2. The predicted octanol–water partition coefficient (Wildman–Crippen LogP) is 3.26. The fourth-order valence-electron chi connectivity index (χ4n) is 2.84. The highest BCUT2D eigenvalue weighted by molar-refractivity contribution is 7.98. The van der Waals surface area contributed by atoms with Gasteiger partial charge in [0.15, 0.2) is 0 Å². The Morgan fingerprint density at radius 1 is 1.20 bits per heavy atom. The first-order chi connectivity index (χ1) is 11.9. The van der Waals surface area contributed by atoms with Crippen LogP contribution >= 0.6 is 11.8 Å². The number of aryl methyl sites for hydroxylation is 4. The van der Waals surface area contributed by atoms with Crippen molar-refractivity contribution in [2.24, 2.45) is 0 Å². The van der Waals surface area contributed by atoms with E-state index in [9.17, 15) is 4.79 Å². The minimum Gasteiger partial charge on any atom is -0.326 e. The summed E-state index contributed by atoms with van der Waals surface area (Å²) in [5.41, 5.74) is 5.65. The van der Waals surface area contributed by atoms with E-state index in [1.54, 1.807) is 4.52 Å². The van der Waals surface area contributed by atoms with Crippen LogP contribution in [0.2, 0.25) is 0 Å². The third-order valence-electron chi connectivity index (χ3n) is 4.21. The van der Waals surface area contributed by atoms with Crippen LogP contribution in [0.3, 0.4) is 0 Å². The number of rotatable bonds is 4. The molecule has 1 amide bonds. The summed E-state index contributed by atoms with van der Waals surface area (Å²) in [5, 5.41) is 8.08. The van der Waals surface area contributed by atoms with Gasteiger partial charge in [0.1, 0.15) is 0 Å². The van der Waals surface area contributed by atoms with Gasteiger partial charge in [0.25, 0.3) is 5.78 Å². The first kappa shape index (κ1) is 17.4. The van der Waals surface area contributed by atoms with Gasteiger partial charge in [0, 0.05) is 22.6 Å². The lowest BCUT2D eigenvalue weighted by molar-refractivity contribution is -0.115. The second-order valence-electron chi connectivity index (χ2n) is 6.11. The Hall–Kier alpha value is -2.41. The van der Waals surface area contributed by atoms with Crippen LogP contribution in [0, 0.1) is 27.7 Å². The maximum atomic E-state index is 12.5. The number of amides is 1. The van der Waals surface area contributed by atoms with Gasteiger partial charge in [-0.2, -0.15) is 4.98 Å². The lowest BCUT2D eigenvalue weighted by Gasteiger charge is -2.12. The second-order valence-corrected chi connectivity index (χ2v) is 6.89. The maximum Gasteiger partial charge on any atom is 0.253 e. The molecule has 0 bridgehead atoms. The highest BCUT2D eigenvalue weighted by Crippen LogP contribution is 2.19. The fourth-order valence-corrected chi connectivity index (χ4v) is 3.18. The molecule has 3 rings (SSSR count). The van der Waals surface area contributed by atoms with Crippen LogP contribution in [0.4, 0.5) is 5.69 Å². The third kappa shape index (κ3) is 3.51. The van der Waals surface area contributed by atoms with Gasteiger partial charge >= 0.3 is 0 Å². The van der Waals surface area contributed by atoms with E-state index in [1.807, 2.05) is 46.1 Å². The summed E-state index contributed by atoms with van der Waals surface area (Å²) in [6, 6.07) is 5.98. The molecule has 0 saturated heterocycles. The molecule has 0 unspecified atom stereocenters. The Labute approximate surface area is 151 Å². The number of aromatic nitrogens is 4. The zero-order chi connectivity index (χ0) is 18.1. The molecule has 1 aromatic carbocycles. The molecule has 3 aromatic rings. The Kier molecular flexibility index (Phi) is 4.76. The number of carbonyl (C=O) groups is 1. The van der Waals surface area contributed by atoms with Gasteiger partial charge in [-0.3, -0.25) is 4.79 Å². The number of fused-ring (bicyclic) bond motifs is 1. The van der Waals surface area contributed by atoms with E-state index in [2.05, 4.69) is 26.4 Å². The average Bonchev–Trinajstić information content (AvgIpc) is 2.97. The molecule has 0 aliphatic rings. The molecule has 0 saturated carbocycles. The molecule has 0 aliphatic carbocycles. The van der Waals surface area contributed by atoms with E-state index in [4.69, 9.17) is 0 Å². The highest BCUT2D eigenvalue weighted by Gasteiger charge is 2.16. The summed E-state index contributed by atoms with van der Waals surface area (Å²) >= 11 is 1.47. The summed E-state index contributed by atoms with van der Waals surface area (Å²) in [6.45, 7) is 7.87. The van der Waals surface area contributed by atoms with Crippen LogP contribution in [0.25, 0.3) is 5.78 Å². The summed E-state index contributed by atoms with van der Waals surface area (Å²) in [4.78, 5) is 21.4. The SMILES string of the molecule is CSc1nc2nc(C)c(CC(=O)Nc3ccc(C)cc3C)c(C)n2n1. The smallest absolute Gasteiger partial charge is 0.253 e. The summed E-state index contributed by atoms with van der Waals surface area (Å²) in [7, 11) is 0. The van der Waals surface area contributed by atoms with Crippen molar-refractivity contribution in [2.75, 3.05) is 11.6 Å². The minimum absolute atomic E-state index is 0.0653. The quantitative estimate of drug-likeness (QED) is 0.727. The Morgan fingerprint density at radius 3 is 2.64 bits per heavy atom. The average molecular weight is 355 g/mol. The number of nitrogens with zero attached hydrogens (tertiary/aromatic N) is 4. The monoisotopic (exact) mass is 355 g/mol. The van der Waals surface area contributed by atoms with Gasteiger partial charge in [0.2, 0.25) is 11.1 Å². The van der Waals surface area contributed by atoms with Crippen LogP contribution in [0.15, 0.2) is 23.4 Å². The molecule has 0 radical (unpaired) electrons. The molecule has 130 valence electrons. The van der Waals surface area contributed by atoms with Crippen molar-refractivity contribution in [3.63, 3.8) is 0 Å². The van der Waals surface area contributed by atoms with Crippen molar-refractivity contribution in [2.45, 2.75) is 39.3 Å². The number of nitrogens with one attached hydrogen (secondary N) is 1. The Bertz CT molecular complexity index is 964. The van der Waals surface area contributed by atoms with E-state index < -0.39 is 0 Å². The molecule has 0 fully saturated rings. The number of anilines is 1. The van der Waals surface area contributed by atoms with E-state index in [0.717, 1.165) is 28.2 Å². The second kappa shape index (κ2) is 6.84. The van der Waals surface area contributed by atoms with E-state index in [1.165, 1.54) is 17.3 Å². The number of benzene rings is 1. The maximum absolute atomic E-state index is 12.5. The number of thioether (sulfide) groups is 1. The number of hydrogen-bond donors (Lipinski definition) is 1. The number of hydrogen-bond acceptors (Lipinski definition) is 5. The van der Waals surface area contributed by atoms with Gasteiger partial charge in [-0.05, 0) is 45.6 Å². The molecular weight excluding hydrogens is 334 g/mol. The molecule has 1 N–H and O–H groups in total. The molecule has 2 heterocycles. The molecule has 0 spiro atoms. The zero-order valence-electron chi connectivity index (χ0n) is 15.0. The fraction of sp³-hybridized carbons (Fsp3) is 0.333. The lowest BCUT2D eigenvalue weighted by atomic mass is 10.1. The van der Waals surface area contributed by atoms with E-state index in [-0.39, 0.29) is 12.3 Å². The van der Waals surface area contributed by atoms with Gasteiger partial charge in [-0.15, -0.1) is 5.10 Å². The van der Waals surface area contributed by atoms with E-state index >= 15 is 0 Å². The Balaban J connectivity index is 1.87. The molecule has 0 atom stereocenters. The van der Waals surface area contributed by atoms with Crippen LogP contribution in [0.1, 0.15) is 28.1 Å². The van der Waals surface area contributed by atoms with Crippen LogP contribution in [0.5, 0.6) is 0 Å². The predicted molar refractivity (Wildman–Crippen MR) is 100 cm³/mol. The van der Waals surface area contributed by atoms with Crippen molar-refractivity contribution in [1.82, 2.24) is 19.6 Å². The first-order valence-electron chi connectivity index (χ1n) is 8.03. The third-order valence-corrected chi connectivity index (χ3v) is 4.74. The summed E-state index contributed by atoms with van der Waals surface area (Å²) < 4.78 is 1.71. The van der Waals surface area contributed by atoms with Crippen LogP contribution in [-0.4, -0.2) is 31.7 Å². The molecule has 25 heavy (non-hydrogen) atoms. The van der Waals surface area contributed by atoms with Crippen molar-refractivity contribution < 1.29 is 4.79 Å². The van der Waals surface area contributed by atoms with Crippen LogP contribution in [-0.2, 0) is 11.2 Å². The zero-order valence-corrected chi connectivity index (χ0v) is 15.9.